The Morgan fingerprint density at radius 2 is 2.00 bits per heavy atom. The molecule has 5 nitrogen and oxygen atoms in total. The van der Waals surface area contributed by atoms with E-state index in [1.54, 1.807) is 17.2 Å². The number of rotatable bonds is 1. The molecular weight excluding hydrogens is 302 g/mol. The molecule has 1 amide bonds. The third-order valence-corrected chi connectivity index (χ3v) is 4.51. The van der Waals surface area contributed by atoms with Crippen LogP contribution in [0.2, 0.25) is 0 Å². The standard InChI is InChI=1S/C19H17N3O2/c1-12-7-8-17-20-10-15(18(23)21(17)11-12)19(24)22-13(2)9-14-5-3-4-6-16(14)22/h3-8,10-11,13H,9H2,1-2H3. The molecule has 0 spiro atoms. The first-order valence-corrected chi connectivity index (χ1v) is 7.96. The maximum Gasteiger partial charge on any atom is 0.270 e. The average molecular weight is 319 g/mol. The number of amides is 1. The SMILES string of the molecule is Cc1ccc2ncc(C(=O)N3c4ccccc4CC3C)c(=O)n2c1. The molecule has 120 valence electrons. The number of benzene rings is 1. The Bertz CT molecular complexity index is 1020. The number of carbonyl (C=O) groups is 1. The van der Waals surface area contributed by atoms with Crippen molar-refractivity contribution in [3.8, 4) is 0 Å². The van der Waals surface area contributed by atoms with Crippen LogP contribution in [0.25, 0.3) is 5.65 Å². The highest BCUT2D eigenvalue weighted by atomic mass is 16.2. The summed E-state index contributed by atoms with van der Waals surface area (Å²) in [7, 11) is 0. The van der Waals surface area contributed by atoms with Crippen molar-refractivity contribution < 1.29 is 4.79 Å². The highest BCUT2D eigenvalue weighted by molar-refractivity contribution is 6.07. The van der Waals surface area contributed by atoms with E-state index in [0.29, 0.717) is 5.65 Å². The Morgan fingerprint density at radius 1 is 1.21 bits per heavy atom. The van der Waals surface area contributed by atoms with Gasteiger partial charge in [0.2, 0.25) is 0 Å². The Hall–Kier alpha value is -2.95. The van der Waals surface area contributed by atoms with E-state index in [-0.39, 0.29) is 23.1 Å². The van der Waals surface area contributed by atoms with Crippen LogP contribution in [0.1, 0.15) is 28.4 Å². The van der Waals surface area contributed by atoms with Crippen LogP contribution < -0.4 is 10.5 Å². The summed E-state index contributed by atoms with van der Waals surface area (Å²) in [6.45, 7) is 3.90. The van der Waals surface area contributed by atoms with Gasteiger partial charge in [-0.25, -0.2) is 4.98 Å². The smallest absolute Gasteiger partial charge is 0.270 e. The zero-order chi connectivity index (χ0) is 16.8. The fourth-order valence-corrected chi connectivity index (χ4v) is 3.33. The molecule has 1 aliphatic heterocycles. The number of aromatic nitrogens is 2. The molecule has 0 saturated heterocycles. The van der Waals surface area contributed by atoms with Crippen molar-refractivity contribution in [3.05, 3.63) is 75.8 Å². The minimum absolute atomic E-state index is 0.0208. The van der Waals surface area contributed by atoms with Gasteiger partial charge in [-0.3, -0.25) is 14.0 Å². The summed E-state index contributed by atoms with van der Waals surface area (Å²) in [6.07, 6.45) is 3.90. The number of hydrogen-bond acceptors (Lipinski definition) is 3. The van der Waals surface area contributed by atoms with Gasteiger partial charge < -0.3 is 4.90 Å². The van der Waals surface area contributed by atoms with Gasteiger partial charge in [0.05, 0.1) is 0 Å². The van der Waals surface area contributed by atoms with Crippen molar-refractivity contribution in [3.63, 3.8) is 0 Å². The molecule has 24 heavy (non-hydrogen) atoms. The molecule has 0 fully saturated rings. The first kappa shape index (κ1) is 14.6. The van der Waals surface area contributed by atoms with Crippen molar-refractivity contribution in [2.45, 2.75) is 26.3 Å². The number of fused-ring (bicyclic) bond motifs is 2. The summed E-state index contributed by atoms with van der Waals surface area (Å²) in [5, 5.41) is 0. The Labute approximate surface area is 139 Å². The third kappa shape index (κ3) is 2.12. The van der Waals surface area contributed by atoms with Crippen molar-refractivity contribution in [2.24, 2.45) is 0 Å². The molecule has 5 heteroatoms. The second-order valence-electron chi connectivity index (χ2n) is 6.27. The van der Waals surface area contributed by atoms with Crippen molar-refractivity contribution in [1.29, 1.82) is 0 Å². The topological polar surface area (TPSA) is 54.7 Å². The Morgan fingerprint density at radius 3 is 2.83 bits per heavy atom. The highest BCUT2D eigenvalue weighted by Crippen LogP contribution is 2.32. The number of para-hydroxylation sites is 1. The van der Waals surface area contributed by atoms with E-state index in [0.717, 1.165) is 23.2 Å². The summed E-state index contributed by atoms with van der Waals surface area (Å²) in [4.78, 5) is 31.8. The fraction of sp³-hybridized carbons (Fsp3) is 0.211. The fourth-order valence-electron chi connectivity index (χ4n) is 3.33. The van der Waals surface area contributed by atoms with Crippen LogP contribution in [0.15, 0.2) is 53.6 Å². The van der Waals surface area contributed by atoms with Crippen LogP contribution in [0.4, 0.5) is 5.69 Å². The summed E-state index contributed by atoms with van der Waals surface area (Å²) < 4.78 is 1.44. The monoisotopic (exact) mass is 319 g/mol. The largest absolute Gasteiger partial charge is 0.305 e. The van der Waals surface area contributed by atoms with Gasteiger partial charge in [0, 0.05) is 24.1 Å². The lowest BCUT2D eigenvalue weighted by atomic mass is 10.1. The van der Waals surface area contributed by atoms with E-state index >= 15 is 0 Å². The van der Waals surface area contributed by atoms with E-state index in [9.17, 15) is 9.59 Å². The lowest BCUT2D eigenvalue weighted by Crippen LogP contribution is -2.39. The lowest BCUT2D eigenvalue weighted by molar-refractivity contribution is 0.0979. The minimum atomic E-state index is -0.328. The molecule has 1 aliphatic rings. The zero-order valence-electron chi connectivity index (χ0n) is 13.6. The quantitative estimate of drug-likeness (QED) is 0.693. The third-order valence-electron chi connectivity index (χ3n) is 4.51. The number of carbonyl (C=O) groups excluding carboxylic acids is 1. The predicted molar refractivity (Wildman–Crippen MR) is 92.6 cm³/mol. The second kappa shape index (κ2) is 5.30. The average Bonchev–Trinajstić information content (AvgIpc) is 2.91. The number of hydrogen-bond donors (Lipinski definition) is 0. The van der Waals surface area contributed by atoms with Gasteiger partial charge in [0.1, 0.15) is 11.2 Å². The highest BCUT2D eigenvalue weighted by Gasteiger charge is 2.32. The van der Waals surface area contributed by atoms with Crippen LogP contribution in [0.3, 0.4) is 0 Å². The number of anilines is 1. The van der Waals surface area contributed by atoms with Crippen LogP contribution in [-0.2, 0) is 6.42 Å². The summed E-state index contributed by atoms with van der Waals surface area (Å²) >= 11 is 0. The van der Waals surface area contributed by atoms with Gasteiger partial charge in [-0.15, -0.1) is 0 Å². The van der Waals surface area contributed by atoms with E-state index in [4.69, 9.17) is 0 Å². The molecule has 2 aromatic heterocycles. The van der Waals surface area contributed by atoms with Gasteiger partial charge >= 0.3 is 0 Å². The zero-order valence-corrected chi connectivity index (χ0v) is 13.6. The predicted octanol–water partition coefficient (Wildman–Crippen LogP) is 2.59. The molecule has 4 rings (SSSR count). The first-order chi connectivity index (χ1) is 11.6. The van der Waals surface area contributed by atoms with Crippen molar-refractivity contribution in [2.75, 3.05) is 4.90 Å². The van der Waals surface area contributed by atoms with Gasteiger partial charge in [-0.05, 0) is 43.5 Å². The van der Waals surface area contributed by atoms with Crippen LogP contribution >= 0.6 is 0 Å². The van der Waals surface area contributed by atoms with Gasteiger partial charge in [0.25, 0.3) is 11.5 Å². The number of nitrogens with zero attached hydrogens (tertiary/aromatic N) is 3. The van der Waals surface area contributed by atoms with Crippen LogP contribution in [0.5, 0.6) is 0 Å². The molecule has 0 saturated carbocycles. The second-order valence-corrected chi connectivity index (χ2v) is 6.27. The van der Waals surface area contributed by atoms with E-state index < -0.39 is 0 Å². The molecule has 0 N–H and O–H groups in total. The molecular formula is C19H17N3O2. The van der Waals surface area contributed by atoms with Crippen LogP contribution in [-0.4, -0.2) is 21.3 Å². The Kier molecular flexibility index (Phi) is 3.23. The lowest BCUT2D eigenvalue weighted by Gasteiger charge is -2.22. The molecule has 0 aliphatic carbocycles. The maximum atomic E-state index is 13.0. The van der Waals surface area contributed by atoms with E-state index in [1.807, 2.05) is 44.2 Å². The van der Waals surface area contributed by atoms with E-state index in [2.05, 4.69) is 4.98 Å². The molecule has 3 heterocycles. The molecule has 1 unspecified atom stereocenters. The number of pyridine rings is 1. The molecule has 1 atom stereocenters. The minimum Gasteiger partial charge on any atom is -0.305 e. The number of aryl methyl sites for hydroxylation is 1. The van der Waals surface area contributed by atoms with Gasteiger partial charge in [-0.2, -0.15) is 0 Å². The molecule has 0 radical (unpaired) electrons. The first-order valence-electron chi connectivity index (χ1n) is 7.96. The van der Waals surface area contributed by atoms with Crippen LogP contribution in [0, 0.1) is 6.92 Å². The van der Waals surface area contributed by atoms with Gasteiger partial charge in [0.15, 0.2) is 0 Å². The van der Waals surface area contributed by atoms with Gasteiger partial charge in [-0.1, -0.05) is 24.3 Å². The summed E-state index contributed by atoms with van der Waals surface area (Å²) in [6, 6.07) is 11.5. The van der Waals surface area contributed by atoms with E-state index in [1.165, 1.54) is 10.6 Å². The van der Waals surface area contributed by atoms with Crippen molar-refractivity contribution in [1.82, 2.24) is 9.38 Å². The molecule has 3 aromatic rings. The molecule has 1 aromatic carbocycles. The Balaban J connectivity index is 1.85. The molecule has 0 bridgehead atoms. The van der Waals surface area contributed by atoms with Crippen molar-refractivity contribution >= 4 is 17.2 Å². The maximum absolute atomic E-state index is 13.0. The normalized spacial score (nSPS) is 16.4. The summed E-state index contributed by atoms with van der Waals surface area (Å²) in [5.74, 6) is -0.291. The summed E-state index contributed by atoms with van der Waals surface area (Å²) in [5.41, 5.74) is 3.26.